The summed E-state index contributed by atoms with van der Waals surface area (Å²) in [6, 6.07) is -0.272. The van der Waals surface area contributed by atoms with E-state index in [0.29, 0.717) is 17.6 Å². The Balaban J connectivity index is 1.69. The molecule has 1 saturated heterocycles. The van der Waals surface area contributed by atoms with Crippen LogP contribution in [0.2, 0.25) is 0 Å². The number of carbonyl (C=O) groups excluding carboxylic acids is 1. The topological polar surface area (TPSA) is 79.4 Å². The van der Waals surface area contributed by atoms with Crippen LogP contribution in [0.5, 0.6) is 0 Å². The van der Waals surface area contributed by atoms with Crippen LogP contribution in [-0.2, 0) is 4.74 Å². The Kier molecular flexibility index (Phi) is 5.69. The second-order valence-corrected chi connectivity index (χ2v) is 6.06. The van der Waals surface area contributed by atoms with E-state index in [1.165, 1.54) is 11.3 Å². The van der Waals surface area contributed by atoms with E-state index in [9.17, 15) is 4.79 Å². The van der Waals surface area contributed by atoms with Crippen LogP contribution >= 0.6 is 11.3 Å². The lowest BCUT2D eigenvalue weighted by atomic mass is 10.2. The van der Waals surface area contributed by atoms with Crippen molar-refractivity contribution in [2.45, 2.75) is 20.0 Å². The van der Waals surface area contributed by atoms with Crippen LogP contribution in [-0.4, -0.2) is 60.0 Å². The zero-order valence-electron chi connectivity index (χ0n) is 11.8. The van der Waals surface area contributed by atoms with Crippen molar-refractivity contribution in [1.29, 1.82) is 0 Å². The molecule has 1 aromatic heterocycles. The van der Waals surface area contributed by atoms with E-state index < -0.39 is 0 Å². The van der Waals surface area contributed by atoms with Gasteiger partial charge in [-0.2, -0.15) is 0 Å². The van der Waals surface area contributed by atoms with Crippen LogP contribution < -0.4 is 10.6 Å². The molecule has 0 aromatic carbocycles. The molecule has 20 heavy (non-hydrogen) atoms. The van der Waals surface area contributed by atoms with E-state index in [-0.39, 0.29) is 12.1 Å². The van der Waals surface area contributed by atoms with Gasteiger partial charge in [0.15, 0.2) is 0 Å². The first kappa shape index (κ1) is 15.1. The fourth-order valence-corrected chi connectivity index (χ4v) is 2.60. The summed E-state index contributed by atoms with van der Waals surface area (Å²) in [5, 5.41) is 13.3. The van der Waals surface area contributed by atoms with Gasteiger partial charge in [-0.15, -0.1) is 10.2 Å². The average Bonchev–Trinajstić information content (AvgIpc) is 2.89. The van der Waals surface area contributed by atoms with Crippen molar-refractivity contribution in [2.24, 2.45) is 5.92 Å². The molecule has 0 radical (unpaired) electrons. The third-order valence-corrected chi connectivity index (χ3v) is 3.52. The van der Waals surface area contributed by atoms with Crippen LogP contribution in [0.1, 0.15) is 13.8 Å². The highest BCUT2D eigenvalue weighted by molar-refractivity contribution is 7.13. The Hall–Kier alpha value is -1.25. The molecule has 2 N–H and O–H groups in total. The van der Waals surface area contributed by atoms with Crippen molar-refractivity contribution >= 4 is 22.5 Å². The molecule has 0 unspecified atom stereocenters. The van der Waals surface area contributed by atoms with Gasteiger partial charge in [-0.05, 0) is 5.92 Å². The Morgan fingerprint density at radius 3 is 3.20 bits per heavy atom. The molecule has 2 heterocycles. The summed E-state index contributed by atoms with van der Waals surface area (Å²) >= 11 is 1.29. The number of hydrogen-bond donors (Lipinski definition) is 2. The number of nitrogens with one attached hydrogen (secondary N) is 2. The Labute approximate surface area is 122 Å². The van der Waals surface area contributed by atoms with Gasteiger partial charge in [0.1, 0.15) is 5.51 Å². The molecule has 0 saturated carbocycles. The third kappa shape index (κ3) is 5.03. The van der Waals surface area contributed by atoms with Gasteiger partial charge in [0.05, 0.1) is 12.7 Å². The van der Waals surface area contributed by atoms with Crippen LogP contribution in [0.15, 0.2) is 5.51 Å². The molecule has 2 amide bonds. The maximum atomic E-state index is 11.7. The number of ether oxygens (including phenoxy) is 1. The van der Waals surface area contributed by atoms with Gasteiger partial charge in [0.2, 0.25) is 5.13 Å². The van der Waals surface area contributed by atoms with E-state index in [4.69, 9.17) is 4.74 Å². The van der Waals surface area contributed by atoms with Crippen LogP contribution in [0.4, 0.5) is 9.93 Å². The lowest BCUT2D eigenvalue weighted by Gasteiger charge is -2.33. The van der Waals surface area contributed by atoms with Crippen molar-refractivity contribution in [3.05, 3.63) is 5.51 Å². The summed E-state index contributed by atoms with van der Waals surface area (Å²) < 4.78 is 5.67. The van der Waals surface area contributed by atoms with Gasteiger partial charge in [-0.25, -0.2) is 4.79 Å². The van der Waals surface area contributed by atoms with Crippen molar-refractivity contribution in [2.75, 3.05) is 38.1 Å². The Morgan fingerprint density at radius 2 is 2.50 bits per heavy atom. The van der Waals surface area contributed by atoms with E-state index in [1.807, 2.05) is 0 Å². The summed E-state index contributed by atoms with van der Waals surface area (Å²) in [5.74, 6) is 0.641. The fourth-order valence-electron chi connectivity index (χ4n) is 2.16. The summed E-state index contributed by atoms with van der Waals surface area (Å²) in [4.78, 5) is 14.0. The number of hydrogen-bond acceptors (Lipinski definition) is 6. The summed E-state index contributed by atoms with van der Waals surface area (Å²) in [7, 11) is 0. The minimum atomic E-state index is -0.272. The molecule has 0 aliphatic carbocycles. The van der Waals surface area contributed by atoms with Crippen molar-refractivity contribution < 1.29 is 9.53 Å². The number of urea groups is 1. The number of nitrogens with zero attached hydrogens (tertiary/aromatic N) is 3. The molecule has 1 aromatic rings. The average molecular weight is 299 g/mol. The SMILES string of the molecule is CC(C)CN1CCO[C@H](CNC(=O)Nc2nncs2)C1. The summed E-state index contributed by atoms with van der Waals surface area (Å²) in [6.07, 6.45) is 0.0441. The minimum Gasteiger partial charge on any atom is -0.374 e. The second kappa shape index (κ2) is 7.51. The van der Waals surface area contributed by atoms with E-state index in [0.717, 1.165) is 26.2 Å². The number of aromatic nitrogens is 2. The van der Waals surface area contributed by atoms with E-state index in [1.54, 1.807) is 5.51 Å². The number of amides is 2. The van der Waals surface area contributed by atoms with Gasteiger partial charge >= 0.3 is 6.03 Å². The highest BCUT2D eigenvalue weighted by atomic mass is 32.1. The maximum Gasteiger partial charge on any atom is 0.321 e. The smallest absolute Gasteiger partial charge is 0.321 e. The first-order valence-electron chi connectivity index (χ1n) is 6.78. The van der Waals surface area contributed by atoms with E-state index >= 15 is 0 Å². The molecule has 7 nitrogen and oxygen atoms in total. The number of morpholine rings is 1. The lowest BCUT2D eigenvalue weighted by Crippen LogP contribution is -2.48. The standard InChI is InChI=1S/C12H21N5O2S/c1-9(2)6-17-3-4-19-10(7-17)5-13-11(18)15-12-16-14-8-20-12/h8-10H,3-7H2,1-2H3,(H2,13,15,16,18)/t10-/m1/s1. The molecule has 0 spiro atoms. The van der Waals surface area contributed by atoms with Crippen molar-refractivity contribution in [3.8, 4) is 0 Å². The van der Waals surface area contributed by atoms with Crippen molar-refractivity contribution in [3.63, 3.8) is 0 Å². The van der Waals surface area contributed by atoms with Crippen LogP contribution in [0, 0.1) is 5.92 Å². The fraction of sp³-hybridized carbons (Fsp3) is 0.750. The second-order valence-electron chi connectivity index (χ2n) is 5.23. The molecular weight excluding hydrogens is 278 g/mol. The largest absolute Gasteiger partial charge is 0.374 e. The predicted octanol–water partition coefficient (Wildman–Crippen LogP) is 1.02. The van der Waals surface area contributed by atoms with Crippen molar-refractivity contribution in [1.82, 2.24) is 20.4 Å². The maximum absolute atomic E-state index is 11.7. The number of carbonyl (C=O) groups is 1. The zero-order chi connectivity index (χ0) is 14.4. The molecular formula is C12H21N5O2S. The number of rotatable bonds is 5. The highest BCUT2D eigenvalue weighted by Crippen LogP contribution is 2.09. The molecule has 1 fully saturated rings. The van der Waals surface area contributed by atoms with Gasteiger partial charge < -0.3 is 10.1 Å². The number of anilines is 1. The highest BCUT2D eigenvalue weighted by Gasteiger charge is 2.21. The summed E-state index contributed by atoms with van der Waals surface area (Å²) in [5.41, 5.74) is 1.57. The first-order chi connectivity index (χ1) is 9.63. The zero-order valence-corrected chi connectivity index (χ0v) is 12.7. The summed E-state index contributed by atoms with van der Waals surface area (Å²) in [6.45, 7) is 8.52. The minimum absolute atomic E-state index is 0.0441. The van der Waals surface area contributed by atoms with Gasteiger partial charge in [0.25, 0.3) is 0 Å². The first-order valence-corrected chi connectivity index (χ1v) is 7.66. The Morgan fingerprint density at radius 1 is 1.65 bits per heavy atom. The normalized spacial score (nSPS) is 20.1. The Bertz CT molecular complexity index is 412. The molecule has 1 aliphatic rings. The van der Waals surface area contributed by atoms with Crippen LogP contribution in [0.3, 0.4) is 0 Å². The third-order valence-electron chi connectivity index (χ3n) is 2.92. The molecule has 8 heteroatoms. The lowest BCUT2D eigenvalue weighted by molar-refractivity contribution is -0.0288. The predicted molar refractivity (Wildman–Crippen MR) is 77.9 cm³/mol. The van der Waals surface area contributed by atoms with Crippen LogP contribution in [0.25, 0.3) is 0 Å². The molecule has 1 aliphatic heterocycles. The van der Waals surface area contributed by atoms with E-state index in [2.05, 4.69) is 39.6 Å². The van der Waals surface area contributed by atoms with Gasteiger partial charge in [-0.1, -0.05) is 25.2 Å². The molecule has 1 atom stereocenters. The van der Waals surface area contributed by atoms with Gasteiger partial charge in [-0.3, -0.25) is 10.2 Å². The monoisotopic (exact) mass is 299 g/mol. The molecule has 2 rings (SSSR count). The molecule has 112 valence electrons. The van der Waals surface area contributed by atoms with Gasteiger partial charge in [0, 0.05) is 26.2 Å². The molecule has 0 bridgehead atoms. The quantitative estimate of drug-likeness (QED) is 0.848.